The summed E-state index contributed by atoms with van der Waals surface area (Å²) in [6.45, 7) is 2.52. The SMILES string of the molecule is CC(CC(=O)N1CCOCC1)(C(=O)NC(CCc1ccccc1)C(=O)c1ncco1)S(=O)(=O)Cc1ccccc1. The number of sulfone groups is 1. The van der Waals surface area contributed by atoms with E-state index in [0.29, 0.717) is 38.3 Å². The van der Waals surface area contributed by atoms with Gasteiger partial charge in [-0.1, -0.05) is 60.7 Å². The minimum absolute atomic E-state index is 0.170. The summed E-state index contributed by atoms with van der Waals surface area (Å²) in [5.74, 6) is -2.63. The fourth-order valence-electron chi connectivity index (χ4n) is 4.53. The van der Waals surface area contributed by atoms with Crippen molar-refractivity contribution in [2.45, 2.75) is 42.7 Å². The number of hydrogen-bond acceptors (Lipinski definition) is 8. The Morgan fingerprint density at radius 3 is 2.23 bits per heavy atom. The standard InChI is InChI=1S/C29H33N3O7S/c1-29(20-25(33)32-15-18-38-19-16-32,40(36,37)21-23-10-6-3-7-11-23)28(35)31-24(26(34)27-30-14-17-39-27)13-12-22-8-4-2-5-9-22/h2-11,14,17,24H,12-13,15-16,18-21H2,1H3,(H,31,35). The van der Waals surface area contributed by atoms with Crippen LogP contribution in [-0.2, 0) is 36.3 Å². The van der Waals surface area contributed by atoms with E-state index in [1.807, 2.05) is 30.3 Å². The summed E-state index contributed by atoms with van der Waals surface area (Å²) in [6, 6.07) is 16.7. The lowest BCUT2D eigenvalue weighted by atomic mass is 9.99. The van der Waals surface area contributed by atoms with E-state index in [2.05, 4.69) is 10.3 Å². The van der Waals surface area contributed by atoms with Gasteiger partial charge in [0.2, 0.25) is 17.6 Å². The van der Waals surface area contributed by atoms with Gasteiger partial charge in [-0.25, -0.2) is 13.4 Å². The Bertz CT molecular complexity index is 1390. The fraction of sp³-hybridized carbons (Fsp3) is 0.379. The van der Waals surface area contributed by atoms with Crippen LogP contribution in [0.25, 0.3) is 0 Å². The van der Waals surface area contributed by atoms with Gasteiger partial charge in [-0.3, -0.25) is 14.4 Å². The number of morpholine rings is 1. The molecule has 1 aromatic heterocycles. The van der Waals surface area contributed by atoms with E-state index in [9.17, 15) is 22.8 Å². The molecule has 40 heavy (non-hydrogen) atoms. The van der Waals surface area contributed by atoms with Gasteiger partial charge < -0.3 is 19.4 Å². The first-order valence-electron chi connectivity index (χ1n) is 13.1. The molecular formula is C29H33N3O7S. The van der Waals surface area contributed by atoms with Gasteiger partial charge in [0.15, 0.2) is 14.6 Å². The van der Waals surface area contributed by atoms with Gasteiger partial charge in [-0.2, -0.15) is 0 Å². The highest BCUT2D eigenvalue weighted by Gasteiger charge is 2.49. The molecule has 0 radical (unpaired) electrons. The Labute approximate surface area is 233 Å². The van der Waals surface area contributed by atoms with E-state index >= 15 is 0 Å². The molecule has 0 saturated carbocycles. The largest absolute Gasteiger partial charge is 0.442 e. The van der Waals surface area contributed by atoms with Crippen molar-refractivity contribution in [1.82, 2.24) is 15.2 Å². The van der Waals surface area contributed by atoms with Gasteiger partial charge in [0.25, 0.3) is 5.89 Å². The van der Waals surface area contributed by atoms with Crippen molar-refractivity contribution < 1.29 is 32.0 Å². The van der Waals surface area contributed by atoms with Gasteiger partial charge in [0, 0.05) is 13.1 Å². The minimum Gasteiger partial charge on any atom is -0.442 e. The second kappa shape index (κ2) is 13.0. The third-order valence-corrected chi connectivity index (χ3v) is 9.46. The van der Waals surface area contributed by atoms with Crippen molar-refractivity contribution in [3.8, 4) is 0 Å². The number of nitrogens with zero attached hydrogens (tertiary/aromatic N) is 2. The van der Waals surface area contributed by atoms with Crippen molar-refractivity contribution >= 4 is 27.4 Å². The minimum atomic E-state index is -4.24. The lowest BCUT2D eigenvalue weighted by Gasteiger charge is -2.33. The van der Waals surface area contributed by atoms with Crippen molar-refractivity contribution in [3.63, 3.8) is 0 Å². The van der Waals surface area contributed by atoms with Crippen molar-refractivity contribution in [3.05, 3.63) is 90.1 Å². The van der Waals surface area contributed by atoms with Crippen molar-refractivity contribution in [2.24, 2.45) is 0 Å². The highest BCUT2D eigenvalue weighted by atomic mass is 32.2. The number of hydrogen-bond donors (Lipinski definition) is 1. The molecule has 0 bridgehead atoms. The lowest BCUT2D eigenvalue weighted by Crippen LogP contribution is -2.57. The number of aromatic nitrogens is 1. The predicted molar refractivity (Wildman–Crippen MR) is 147 cm³/mol. The van der Waals surface area contributed by atoms with E-state index in [-0.39, 0.29) is 12.3 Å². The number of ether oxygens (including phenoxy) is 1. The second-order valence-electron chi connectivity index (χ2n) is 9.90. The molecule has 3 aromatic rings. The Kier molecular flexibility index (Phi) is 9.49. The third-order valence-electron chi connectivity index (χ3n) is 7.05. The number of Topliss-reactive ketones (excluding diaryl/α,β-unsaturated/α-hetero) is 1. The van der Waals surface area contributed by atoms with E-state index in [1.54, 1.807) is 30.3 Å². The first kappa shape index (κ1) is 29.2. The Balaban J connectivity index is 1.63. The van der Waals surface area contributed by atoms with Crippen LogP contribution < -0.4 is 5.32 Å². The van der Waals surface area contributed by atoms with Crippen LogP contribution in [0.3, 0.4) is 0 Å². The van der Waals surface area contributed by atoms with E-state index < -0.39 is 50.4 Å². The summed E-state index contributed by atoms with van der Waals surface area (Å²) >= 11 is 0. The Morgan fingerprint density at radius 2 is 1.62 bits per heavy atom. The molecule has 10 nitrogen and oxygen atoms in total. The number of amides is 2. The molecule has 0 aliphatic carbocycles. The molecule has 212 valence electrons. The summed E-state index contributed by atoms with van der Waals surface area (Å²) in [4.78, 5) is 45.9. The summed E-state index contributed by atoms with van der Waals surface area (Å²) < 4.78 is 36.1. The zero-order valence-electron chi connectivity index (χ0n) is 22.3. The van der Waals surface area contributed by atoms with Gasteiger partial charge in [0.05, 0.1) is 37.6 Å². The number of nitrogens with one attached hydrogen (secondary N) is 1. The zero-order valence-corrected chi connectivity index (χ0v) is 23.1. The average Bonchev–Trinajstić information content (AvgIpc) is 3.51. The van der Waals surface area contributed by atoms with Gasteiger partial charge in [-0.05, 0) is 30.9 Å². The molecule has 4 rings (SSSR count). The van der Waals surface area contributed by atoms with Crippen LogP contribution in [0, 0.1) is 0 Å². The van der Waals surface area contributed by atoms with Crippen molar-refractivity contribution in [1.29, 1.82) is 0 Å². The molecule has 2 amide bonds. The summed E-state index contributed by atoms with van der Waals surface area (Å²) in [6.07, 6.45) is 2.59. The van der Waals surface area contributed by atoms with Crippen molar-refractivity contribution in [2.75, 3.05) is 26.3 Å². The predicted octanol–water partition coefficient (Wildman–Crippen LogP) is 2.60. The topological polar surface area (TPSA) is 136 Å². The first-order valence-corrected chi connectivity index (χ1v) is 14.8. The summed E-state index contributed by atoms with van der Waals surface area (Å²) in [5.41, 5.74) is 1.42. The van der Waals surface area contributed by atoms with E-state index in [0.717, 1.165) is 5.56 Å². The quantitative estimate of drug-likeness (QED) is 0.330. The fourth-order valence-corrected chi connectivity index (χ4v) is 6.16. The maximum atomic E-state index is 13.9. The maximum absolute atomic E-state index is 13.9. The maximum Gasteiger partial charge on any atom is 0.265 e. The molecule has 11 heteroatoms. The number of benzene rings is 2. The molecule has 2 unspecified atom stereocenters. The molecule has 2 aromatic carbocycles. The summed E-state index contributed by atoms with van der Waals surface area (Å²) in [7, 11) is -4.24. The van der Waals surface area contributed by atoms with Crippen LogP contribution in [0.1, 0.15) is 41.6 Å². The molecule has 1 fully saturated rings. The van der Waals surface area contributed by atoms with Gasteiger partial charge in [0.1, 0.15) is 6.26 Å². The van der Waals surface area contributed by atoms with Crippen LogP contribution in [0.2, 0.25) is 0 Å². The smallest absolute Gasteiger partial charge is 0.265 e. The number of aryl methyl sites for hydroxylation is 1. The van der Waals surface area contributed by atoms with Crippen LogP contribution in [-0.4, -0.2) is 73.0 Å². The van der Waals surface area contributed by atoms with Crippen LogP contribution in [0.5, 0.6) is 0 Å². The van der Waals surface area contributed by atoms with E-state index in [4.69, 9.17) is 9.15 Å². The van der Waals surface area contributed by atoms with Crippen LogP contribution in [0.15, 0.2) is 77.5 Å². The monoisotopic (exact) mass is 567 g/mol. The van der Waals surface area contributed by atoms with E-state index in [1.165, 1.54) is 24.3 Å². The zero-order chi connectivity index (χ0) is 28.6. The molecule has 2 heterocycles. The molecular weight excluding hydrogens is 534 g/mol. The molecule has 1 N–H and O–H groups in total. The average molecular weight is 568 g/mol. The number of oxazole rings is 1. The highest BCUT2D eigenvalue weighted by molar-refractivity contribution is 7.92. The highest BCUT2D eigenvalue weighted by Crippen LogP contribution is 2.28. The third kappa shape index (κ3) is 7.02. The second-order valence-corrected chi connectivity index (χ2v) is 12.3. The number of carbonyl (C=O) groups is 3. The molecule has 2 atom stereocenters. The van der Waals surface area contributed by atoms with Gasteiger partial charge >= 0.3 is 0 Å². The Morgan fingerprint density at radius 1 is 1.00 bits per heavy atom. The lowest BCUT2D eigenvalue weighted by molar-refractivity contribution is -0.138. The molecule has 1 aliphatic heterocycles. The van der Waals surface area contributed by atoms with Crippen LogP contribution >= 0.6 is 0 Å². The number of rotatable bonds is 12. The normalized spacial score (nSPS) is 16.1. The molecule has 1 saturated heterocycles. The first-order chi connectivity index (χ1) is 19.2. The molecule has 0 spiro atoms. The molecule has 1 aliphatic rings. The summed E-state index contributed by atoms with van der Waals surface area (Å²) in [5, 5.41) is 2.65. The Hall–Kier alpha value is -3.83. The van der Waals surface area contributed by atoms with Gasteiger partial charge in [-0.15, -0.1) is 0 Å². The number of carbonyl (C=O) groups excluding carboxylic acids is 3. The number of ketones is 1. The van der Waals surface area contributed by atoms with Crippen LogP contribution in [0.4, 0.5) is 0 Å².